The molecular weight excluding hydrogens is 190 g/mol. The van der Waals surface area contributed by atoms with Gasteiger partial charge in [0, 0.05) is 24.9 Å². The molecule has 1 aliphatic rings. The average molecular weight is 203 g/mol. The van der Waals surface area contributed by atoms with E-state index in [-0.39, 0.29) is 0 Å². The Labute approximate surface area is 88.6 Å². The standard InChI is InChI=1S/C12H13NO2/c1-2-13-8-10(12(14)15)7-9-5-3-4-6-11(9)13/h3-6,8H,2,7H2,1H3,(H,14,15). The van der Waals surface area contributed by atoms with E-state index in [9.17, 15) is 4.79 Å². The number of para-hydroxylation sites is 1. The highest BCUT2D eigenvalue weighted by Crippen LogP contribution is 2.28. The van der Waals surface area contributed by atoms with E-state index in [0.717, 1.165) is 17.8 Å². The first-order valence-corrected chi connectivity index (χ1v) is 5.01. The van der Waals surface area contributed by atoms with Crippen molar-refractivity contribution < 1.29 is 9.90 Å². The number of aliphatic carboxylic acids is 1. The molecule has 3 heteroatoms. The van der Waals surface area contributed by atoms with Crippen LogP contribution in [0.2, 0.25) is 0 Å². The molecule has 1 heterocycles. The topological polar surface area (TPSA) is 40.5 Å². The lowest BCUT2D eigenvalue weighted by molar-refractivity contribution is -0.132. The second-order valence-electron chi connectivity index (χ2n) is 3.55. The third-order valence-corrected chi connectivity index (χ3v) is 2.61. The maximum atomic E-state index is 10.9. The van der Waals surface area contributed by atoms with E-state index in [1.165, 1.54) is 0 Å². The number of carboxylic acids is 1. The van der Waals surface area contributed by atoms with Crippen LogP contribution in [0, 0.1) is 0 Å². The molecule has 3 nitrogen and oxygen atoms in total. The summed E-state index contributed by atoms with van der Waals surface area (Å²) in [5.41, 5.74) is 2.65. The van der Waals surface area contributed by atoms with Crippen molar-refractivity contribution in [1.82, 2.24) is 0 Å². The fourth-order valence-electron chi connectivity index (χ4n) is 1.84. The Kier molecular flexibility index (Phi) is 2.46. The minimum atomic E-state index is -0.831. The van der Waals surface area contributed by atoms with Crippen molar-refractivity contribution in [3.05, 3.63) is 41.6 Å². The monoisotopic (exact) mass is 203 g/mol. The van der Waals surface area contributed by atoms with Gasteiger partial charge in [-0.15, -0.1) is 0 Å². The zero-order valence-electron chi connectivity index (χ0n) is 8.60. The molecule has 1 aromatic carbocycles. The smallest absolute Gasteiger partial charge is 0.333 e. The average Bonchev–Trinajstić information content (AvgIpc) is 2.27. The van der Waals surface area contributed by atoms with Crippen LogP contribution in [0.5, 0.6) is 0 Å². The van der Waals surface area contributed by atoms with Crippen LogP contribution in [-0.4, -0.2) is 17.6 Å². The number of carboxylic acid groups (broad SMARTS) is 1. The first-order chi connectivity index (χ1) is 7.22. The molecule has 0 fully saturated rings. The summed E-state index contributed by atoms with van der Waals surface area (Å²) in [6, 6.07) is 7.92. The third-order valence-electron chi connectivity index (χ3n) is 2.61. The highest BCUT2D eigenvalue weighted by atomic mass is 16.4. The van der Waals surface area contributed by atoms with Crippen molar-refractivity contribution in [2.45, 2.75) is 13.3 Å². The van der Waals surface area contributed by atoms with Crippen LogP contribution in [-0.2, 0) is 11.2 Å². The maximum Gasteiger partial charge on any atom is 0.333 e. The van der Waals surface area contributed by atoms with Gasteiger partial charge in [-0.25, -0.2) is 4.79 Å². The number of anilines is 1. The maximum absolute atomic E-state index is 10.9. The first-order valence-electron chi connectivity index (χ1n) is 5.01. The summed E-state index contributed by atoms with van der Waals surface area (Å²) < 4.78 is 0. The second-order valence-corrected chi connectivity index (χ2v) is 3.55. The fraction of sp³-hybridized carbons (Fsp3) is 0.250. The Morgan fingerprint density at radius 3 is 2.87 bits per heavy atom. The molecule has 0 aliphatic carbocycles. The van der Waals surface area contributed by atoms with Gasteiger partial charge in [0.1, 0.15) is 0 Å². The Morgan fingerprint density at radius 1 is 1.47 bits per heavy atom. The normalized spacial score (nSPS) is 14.5. The molecule has 0 bridgehead atoms. The molecule has 0 saturated heterocycles. The molecule has 1 aliphatic heterocycles. The lowest BCUT2D eigenvalue weighted by atomic mass is 10.00. The van der Waals surface area contributed by atoms with Gasteiger partial charge in [0.05, 0.1) is 5.57 Å². The van der Waals surface area contributed by atoms with Gasteiger partial charge >= 0.3 is 5.97 Å². The van der Waals surface area contributed by atoms with Crippen molar-refractivity contribution >= 4 is 11.7 Å². The molecule has 1 aromatic rings. The summed E-state index contributed by atoms with van der Waals surface area (Å²) in [4.78, 5) is 12.9. The third kappa shape index (κ3) is 1.73. The SMILES string of the molecule is CCN1C=C(C(=O)O)Cc2ccccc21. The molecule has 0 amide bonds. The molecule has 0 spiro atoms. The van der Waals surface area contributed by atoms with Gasteiger partial charge in [0.15, 0.2) is 0 Å². The Bertz CT molecular complexity index is 423. The minimum Gasteiger partial charge on any atom is -0.478 e. The highest BCUT2D eigenvalue weighted by Gasteiger charge is 2.19. The van der Waals surface area contributed by atoms with E-state index in [1.54, 1.807) is 6.20 Å². The van der Waals surface area contributed by atoms with E-state index < -0.39 is 5.97 Å². The minimum absolute atomic E-state index is 0.454. The molecule has 0 radical (unpaired) electrons. The second kappa shape index (κ2) is 3.77. The lowest BCUT2D eigenvalue weighted by Gasteiger charge is -2.26. The number of hydrogen-bond acceptors (Lipinski definition) is 2. The molecule has 0 atom stereocenters. The molecular formula is C12H13NO2. The fourth-order valence-corrected chi connectivity index (χ4v) is 1.84. The quantitative estimate of drug-likeness (QED) is 0.799. The molecule has 0 unspecified atom stereocenters. The Hall–Kier alpha value is -1.77. The van der Waals surface area contributed by atoms with Gasteiger partial charge in [0.2, 0.25) is 0 Å². The highest BCUT2D eigenvalue weighted by molar-refractivity contribution is 5.89. The number of fused-ring (bicyclic) bond motifs is 1. The van der Waals surface area contributed by atoms with Gasteiger partial charge in [-0.2, -0.15) is 0 Å². The summed E-state index contributed by atoms with van der Waals surface area (Å²) in [6.45, 7) is 2.80. The van der Waals surface area contributed by atoms with Crippen LogP contribution < -0.4 is 4.90 Å². The van der Waals surface area contributed by atoms with Gasteiger partial charge in [-0.05, 0) is 18.6 Å². The summed E-state index contributed by atoms with van der Waals surface area (Å²) >= 11 is 0. The van der Waals surface area contributed by atoms with Crippen molar-refractivity contribution in [3.63, 3.8) is 0 Å². The summed E-state index contributed by atoms with van der Waals surface area (Å²) in [5.74, 6) is -0.831. The van der Waals surface area contributed by atoms with Crippen LogP contribution >= 0.6 is 0 Å². The molecule has 0 saturated carbocycles. The molecule has 78 valence electrons. The van der Waals surface area contributed by atoms with Crippen LogP contribution in [0.1, 0.15) is 12.5 Å². The lowest BCUT2D eigenvalue weighted by Crippen LogP contribution is -2.24. The predicted molar refractivity (Wildman–Crippen MR) is 58.9 cm³/mol. The largest absolute Gasteiger partial charge is 0.478 e. The van der Waals surface area contributed by atoms with Gasteiger partial charge in [-0.1, -0.05) is 18.2 Å². The number of nitrogens with zero attached hydrogens (tertiary/aromatic N) is 1. The number of rotatable bonds is 2. The van der Waals surface area contributed by atoms with Gasteiger partial charge in [-0.3, -0.25) is 0 Å². The van der Waals surface area contributed by atoms with Crippen LogP contribution in [0.25, 0.3) is 0 Å². The summed E-state index contributed by atoms with van der Waals surface area (Å²) in [5, 5.41) is 8.98. The molecule has 1 N–H and O–H groups in total. The predicted octanol–water partition coefficient (Wildman–Crippen LogP) is 2.04. The Morgan fingerprint density at radius 2 is 2.20 bits per heavy atom. The molecule has 15 heavy (non-hydrogen) atoms. The zero-order chi connectivity index (χ0) is 10.8. The summed E-state index contributed by atoms with van der Waals surface area (Å²) in [7, 11) is 0. The van der Waals surface area contributed by atoms with Crippen molar-refractivity contribution in [2.75, 3.05) is 11.4 Å². The Balaban J connectivity index is 2.43. The molecule has 2 rings (SSSR count). The van der Waals surface area contributed by atoms with Crippen LogP contribution in [0.3, 0.4) is 0 Å². The first kappa shape index (κ1) is 9.77. The summed E-state index contributed by atoms with van der Waals surface area (Å²) in [6.07, 6.45) is 2.24. The van der Waals surface area contributed by atoms with E-state index in [0.29, 0.717) is 12.0 Å². The van der Waals surface area contributed by atoms with E-state index in [2.05, 4.69) is 0 Å². The van der Waals surface area contributed by atoms with Gasteiger partial charge in [0.25, 0.3) is 0 Å². The van der Waals surface area contributed by atoms with Crippen molar-refractivity contribution in [3.8, 4) is 0 Å². The number of benzene rings is 1. The van der Waals surface area contributed by atoms with Crippen LogP contribution in [0.4, 0.5) is 5.69 Å². The van der Waals surface area contributed by atoms with Crippen molar-refractivity contribution in [1.29, 1.82) is 0 Å². The van der Waals surface area contributed by atoms with E-state index >= 15 is 0 Å². The van der Waals surface area contributed by atoms with Crippen LogP contribution in [0.15, 0.2) is 36.0 Å². The molecule has 0 aromatic heterocycles. The van der Waals surface area contributed by atoms with Gasteiger partial charge < -0.3 is 10.0 Å². The zero-order valence-corrected chi connectivity index (χ0v) is 8.60. The van der Waals surface area contributed by atoms with Crippen molar-refractivity contribution in [2.24, 2.45) is 0 Å². The van der Waals surface area contributed by atoms with E-state index in [4.69, 9.17) is 5.11 Å². The number of carbonyl (C=O) groups is 1. The number of hydrogen-bond donors (Lipinski definition) is 1. The van der Waals surface area contributed by atoms with E-state index in [1.807, 2.05) is 36.1 Å².